The second kappa shape index (κ2) is 6.32. The van der Waals surface area contributed by atoms with Crippen molar-refractivity contribution >= 4 is 10.0 Å². The van der Waals surface area contributed by atoms with Crippen LogP contribution in [0.25, 0.3) is 0 Å². The zero-order chi connectivity index (χ0) is 13.8. The molecule has 5 nitrogen and oxygen atoms in total. The quantitative estimate of drug-likeness (QED) is 0.769. The van der Waals surface area contributed by atoms with Gasteiger partial charge in [0.1, 0.15) is 0 Å². The summed E-state index contributed by atoms with van der Waals surface area (Å²) in [7, 11) is -3.08. The van der Waals surface area contributed by atoms with E-state index in [0.29, 0.717) is 26.2 Å². The summed E-state index contributed by atoms with van der Waals surface area (Å²) >= 11 is 0. The molecule has 0 aromatic carbocycles. The van der Waals surface area contributed by atoms with Gasteiger partial charge in [-0.05, 0) is 20.3 Å². The van der Waals surface area contributed by atoms with Crippen LogP contribution in [0, 0.1) is 0 Å². The van der Waals surface area contributed by atoms with Crippen molar-refractivity contribution in [2.75, 3.05) is 38.5 Å². The minimum atomic E-state index is -3.08. The first-order valence-corrected chi connectivity index (χ1v) is 8.28. The first kappa shape index (κ1) is 15.9. The van der Waals surface area contributed by atoms with Crippen molar-refractivity contribution < 1.29 is 13.5 Å². The monoisotopic (exact) mass is 278 g/mol. The normalized spacial score (nSPS) is 20.2. The van der Waals surface area contributed by atoms with Crippen molar-refractivity contribution in [3.8, 4) is 0 Å². The van der Waals surface area contributed by atoms with Gasteiger partial charge in [0.15, 0.2) is 0 Å². The van der Waals surface area contributed by atoms with Crippen molar-refractivity contribution in [2.45, 2.75) is 39.2 Å². The van der Waals surface area contributed by atoms with Gasteiger partial charge in [0.05, 0.1) is 12.4 Å². The van der Waals surface area contributed by atoms with Gasteiger partial charge in [-0.3, -0.25) is 4.90 Å². The summed E-state index contributed by atoms with van der Waals surface area (Å²) < 4.78 is 25.6. The fourth-order valence-corrected chi connectivity index (χ4v) is 3.76. The molecule has 1 aliphatic rings. The SMILES string of the molecule is CCCCS(=O)(=O)N1CCN(C(C)(C)CO)CC1. The zero-order valence-corrected chi connectivity index (χ0v) is 12.5. The van der Waals surface area contributed by atoms with E-state index < -0.39 is 10.0 Å². The standard InChI is InChI=1S/C12H26N2O3S/c1-4-5-10-18(16,17)14-8-6-13(7-9-14)12(2,3)11-15/h15H,4-11H2,1-3H3. The van der Waals surface area contributed by atoms with Gasteiger partial charge in [-0.15, -0.1) is 0 Å². The number of sulfonamides is 1. The second-order valence-corrected chi connectivity index (χ2v) is 7.61. The molecule has 0 saturated carbocycles. The lowest BCUT2D eigenvalue weighted by molar-refractivity contribution is 0.0334. The van der Waals surface area contributed by atoms with E-state index in [2.05, 4.69) is 4.90 Å². The van der Waals surface area contributed by atoms with E-state index in [1.165, 1.54) is 0 Å². The Bertz CT molecular complexity index is 346. The van der Waals surface area contributed by atoms with Gasteiger partial charge in [0.25, 0.3) is 0 Å². The van der Waals surface area contributed by atoms with E-state index >= 15 is 0 Å². The predicted octanol–water partition coefficient (Wildman–Crippen LogP) is 0.505. The lowest BCUT2D eigenvalue weighted by Gasteiger charge is -2.42. The molecule has 0 unspecified atom stereocenters. The maximum atomic E-state index is 12.0. The number of aliphatic hydroxyl groups is 1. The first-order valence-electron chi connectivity index (χ1n) is 6.67. The lowest BCUT2D eigenvalue weighted by Crippen LogP contribution is -2.57. The topological polar surface area (TPSA) is 60.9 Å². The second-order valence-electron chi connectivity index (χ2n) is 5.53. The van der Waals surface area contributed by atoms with Crippen molar-refractivity contribution in [3.63, 3.8) is 0 Å². The number of hydrogen-bond acceptors (Lipinski definition) is 4. The largest absolute Gasteiger partial charge is 0.394 e. The van der Waals surface area contributed by atoms with Crippen molar-refractivity contribution in [1.82, 2.24) is 9.21 Å². The third kappa shape index (κ3) is 3.91. The molecule has 0 aliphatic carbocycles. The highest BCUT2D eigenvalue weighted by atomic mass is 32.2. The minimum Gasteiger partial charge on any atom is -0.394 e. The first-order chi connectivity index (χ1) is 8.33. The molecule has 0 bridgehead atoms. The molecule has 1 aliphatic heterocycles. The van der Waals surface area contributed by atoms with Crippen LogP contribution < -0.4 is 0 Å². The number of unbranched alkanes of at least 4 members (excludes halogenated alkanes) is 1. The van der Waals surface area contributed by atoms with Crippen molar-refractivity contribution in [1.29, 1.82) is 0 Å². The third-order valence-corrected chi connectivity index (χ3v) is 5.59. The highest BCUT2D eigenvalue weighted by Gasteiger charge is 2.32. The highest BCUT2D eigenvalue weighted by molar-refractivity contribution is 7.89. The van der Waals surface area contributed by atoms with E-state index in [0.717, 1.165) is 12.8 Å². The summed E-state index contributed by atoms with van der Waals surface area (Å²) in [6.07, 6.45) is 1.63. The number of aliphatic hydroxyl groups excluding tert-OH is 1. The summed E-state index contributed by atoms with van der Waals surface area (Å²) in [4.78, 5) is 2.15. The Hall–Kier alpha value is -0.170. The van der Waals surface area contributed by atoms with E-state index in [4.69, 9.17) is 0 Å². The molecule has 0 atom stereocenters. The number of hydrogen-bond donors (Lipinski definition) is 1. The Morgan fingerprint density at radius 3 is 2.17 bits per heavy atom. The van der Waals surface area contributed by atoms with Gasteiger partial charge in [-0.1, -0.05) is 13.3 Å². The summed E-state index contributed by atoms with van der Waals surface area (Å²) in [5.74, 6) is 0.257. The molecule has 0 amide bonds. The van der Waals surface area contributed by atoms with E-state index in [1.807, 2.05) is 20.8 Å². The van der Waals surface area contributed by atoms with Gasteiger partial charge in [0.2, 0.25) is 10.0 Å². The van der Waals surface area contributed by atoms with Crippen LogP contribution in [0.5, 0.6) is 0 Å². The molecule has 0 radical (unpaired) electrons. The average Bonchev–Trinajstić information content (AvgIpc) is 2.36. The number of nitrogens with zero attached hydrogens (tertiary/aromatic N) is 2. The van der Waals surface area contributed by atoms with E-state index in [-0.39, 0.29) is 17.9 Å². The summed E-state index contributed by atoms with van der Waals surface area (Å²) in [5, 5.41) is 9.31. The third-order valence-electron chi connectivity index (χ3n) is 3.63. The summed E-state index contributed by atoms with van der Waals surface area (Å²) in [5.41, 5.74) is -0.265. The van der Waals surface area contributed by atoms with Gasteiger partial charge < -0.3 is 5.11 Å². The molecule has 1 saturated heterocycles. The molecule has 1 N–H and O–H groups in total. The zero-order valence-electron chi connectivity index (χ0n) is 11.7. The van der Waals surface area contributed by atoms with E-state index in [1.54, 1.807) is 4.31 Å². The number of piperazine rings is 1. The maximum absolute atomic E-state index is 12.0. The van der Waals surface area contributed by atoms with Crippen molar-refractivity contribution in [2.24, 2.45) is 0 Å². The molecular formula is C12H26N2O3S. The molecule has 1 rings (SSSR count). The van der Waals surface area contributed by atoms with Crippen LogP contribution in [0.2, 0.25) is 0 Å². The number of rotatable bonds is 6. The van der Waals surface area contributed by atoms with E-state index in [9.17, 15) is 13.5 Å². The maximum Gasteiger partial charge on any atom is 0.214 e. The molecule has 0 aromatic rings. The van der Waals surface area contributed by atoms with Crippen LogP contribution in [0.4, 0.5) is 0 Å². The minimum absolute atomic E-state index is 0.0928. The Balaban J connectivity index is 2.54. The Labute approximate surface area is 111 Å². The lowest BCUT2D eigenvalue weighted by atomic mass is 10.0. The van der Waals surface area contributed by atoms with Gasteiger partial charge >= 0.3 is 0 Å². The summed E-state index contributed by atoms with van der Waals surface area (Å²) in [6, 6.07) is 0. The average molecular weight is 278 g/mol. The molecular weight excluding hydrogens is 252 g/mol. The van der Waals surface area contributed by atoms with Crippen LogP contribution in [-0.2, 0) is 10.0 Å². The summed E-state index contributed by atoms with van der Waals surface area (Å²) in [6.45, 7) is 8.51. The molecule has 1 heterocycles. The smallest absolute Gasteiger partial charge is 0.214 e. The van der Waals surface area contributed by atoms with Crippen LogP contribution in [0.15, 0.2) is 0 Å². The molecule has 0 spiro atoms. The van der Waals surface area contributed by atoms with Crippen molar-refractivity contribution in [3.05, 3.63) is 0 Å². The predicted molar refractivity (Wildman–Crippen MR) is 73.0 cm³/mol. The highest BCUT2D eigenvalue weighted by Crippen LogP contribution is 2.18. The van der Waals surface area contributed by atoms with Crippen LogP contribution in [0.1, 0.15) is 33.6 Å². The van der Waals surface area contributed by atoms with Crippen LogP contribution in [0.3, 0.4) is 0 Å². The fraction of sp³-hybridized carbons (Fsp3) is 1.00. The fourth-order valence-electron chi connectivity index (χ4n) is 2.13. The molecule has 0 aromatic heterocycles. The molecule has 6 heteroatoms. The van der Waals surface area contributed by atoms with Crippen LogP contribution >= 0.6 is 0 Å². The van der Waals surface area contributed by atoms with Gasteiger partial charge in [0, 0.05) is 31.7 Å². The van der Waals surface area contributed by atoms with Gasteiger partial charge in [-0.25, -0.2) is 8.42 Å². The Morgan fingerprint density at radius 2 is 1.72 bits per heavy atom. The molecule has 108 valence electrons. The Morgan fingerprint density at radius 1 is 1.17 bits per heavy atom. The molecule has 18 heavy (non-hydrogen) atoms. The van der Waals surface area contributed by atoms with Gasteiger partial charge in [-0.2, -0.15) is 4.31 Å². The van der Waals surface area contributed by atoms with Crippen LogP contribution in [-0.4, -0.2) is 66.8 Å². The Kier molecular flexibility index (Phi) is 5.58. The molecule has 1 fully saturated rings.